The fourth-order valence-corrected chi connectivity index (χ4v) is 2.58. The highest BCUT2D eigenvalue weighted by atomic mass is 32.1. The molecule has 0 aliphatic rings. The van der Waals surface area contributed by atoms with Crippen LogP contribution in [-0.4, -0.2) is 17.6 Å². The van der Waals surface area contributed by atoms with E-state index in [0.29, 0.717) is 6.61 Å². The van der Waals surface area contributed by atoms with Crippen molar-refractivity contribution in [2.75, 3.05) is 6.61 Å². The summed E-state index contributed by atoms with van der Waals surface area (Å²) in [6, 6.07) is 9.98. The van der Waals surface area contributed by atoms with Crippen LogP contribution in [0.15, 0.2) is 30.3 Å². The van der Waals surface area contributed by atoms with Crippen molar-refractivity contribution in [1.82, 2.24) is 4.98 Å². The third kappa shape index (κ3) is 2.96. The molecule has 0 atom stereocenters. The smallest absolute Gasteiger partial charge is 0.311 e. The molecule has 0 fully saturated rings. The van der Waals surface area contributed by atoms with Gasteiger partial charge in [-0.1, -0.05) is 30.3 Å². The van der Waals surface area contributed by atoms with Crippen LogP contribution in [0.25, 0.3) is 10.6 Å². The highest BCUT2D eigenvalue weighted by Gasteiger charge is 2.13. The van der Waals surface area contributed by atoms with Crippen molar-refractivity contribution >= 4 is 17.3 Å². The summed E-state index contributed by atoms with van der Waals surface area (Å²) >= 11 is 1.61. The van der Waals surface area contributed by atoms with Crippen LogP contribution in [0.1, 0.15) is 17.5 Å². The van der Waals surface area contributed by atoms with Crippen molar-refractivity contribution in [3.05, 3.63) is 40.9 Å². The number of hydrogen-bond acceptors (Lipinski definition) is 4. The molecule has 0 spiro atoms. The molecule has 0 radical (unpaired) electrons. The molecule has 0 unspecified atom stereocenters. The van der Waals surface area contributed by atoms with Crippen LogP contribution < -0.4 is 0 Å². The van der Waals surface area contributed by atoms with Gasteiger partial charge in [-0.15, -0.1) is 11.3 Å². The number of nitrogens with zero attached hydrogens (tertiary/aromatic N) is 1. The van der Waals surface area contributed by atoms with Gasteiger partial charge in [0.05, 0.1) is 18.7 Å². The fraction of sp³-hybridized carbons (Fsp3) is 0.286. The van der Waals surface area contributed by atoms with Gasteiger partial charge in [-0.05, 0) is 13.8 Å². The Balaban J connectivity index is 2.20. The Morgan fingerprint density at radius 1 is 1.33 bits per heavy atom. The van der Waals surface area contributed by atoms with Crippen LogP contribution >= 0.6 is 11.3 Å². The van der Waals surface area contributed by atoms with Gasteiger partial charge in [0.2, 0.25) is 0 Å². The first-order chi connectivity index (χ1) is 8.70. The van der Waals surface area contributed by atoms with E-state index in [1.165, 1.54) is 0 Å². The van der Waals surface area contributed by atoms with Crippen molar-refractivity contribution in [3.63, 3.8) is 0 Å². The topological polar surface area (TPSA) is 39.2 Å². The quantitative estimate of drug-likeness (QED) is 0.793. The first kappa shape index (κ1) is 12.8. The van der Waals surface area contributed by atoms with Gasteiger partial charge in [0.25, 0.3) is 0 Å². The summed E-state index contributed by atoms with van der Waals surface area (Å²) in [5, 5.41) is 0.951. The van der Waals surface area contributed by atoms with Crippen molar-refractivity contribution in [3.8, 4) is 10.6 Å². The molecule has 0 aliphatic carbocycles. The normalized spacial score (nSPS) is 10.3. The molecule has 2 aromatic rings. The van der Waals surface area contributed by atoms with E-state index in [9.17, 15) is 4.79 Å². The molecule has 0 saturated carbocycles. The first-order valence-corrected chi connectivity index (χ1v) is 6.69. The van der Waals surface area contributed by atoms with E-state index in [1.54, 1.807) is 18.3 Å². The number of aromatic nitrogens is 1. The van der Waals surface area contributed by atoms with Gasteiger partial charge in [0, 0.05) is 10.4 Å². The van der Waals surface area contributed by atoms with Crippen molar-refractivity contribution in [2.24, 2.45) is 0 Å². The lowest BCUT2D eigenvalue weighted by Gasteiger charge is -1.99. The van der Waals surface area contributed by atoms with E-state index in [-0.39, 0.29) is 12.4 Å². The van der Waals surface area contributed by atoms with E-state index in [1.807, 2.05) is 37.3 Å². The van der Waals surface area contributed by atoms with Crippen LogP contribution in [0.2, 0.25) is 0 Å². The van der Waals surface area contributed by atoms with Gasteiger partial charge >= 0.3 is 5.97 Å². The maximum absolute atomic E-state index is 11.5. The highest BCUT2D eigenvalue weighted by Crippen LogP contribution is 2.27. The molecule has 2 rings (SSSR count). The molecule has 0 saturated heterocycles. The van der Waals surface area contributed by atoms with E-state index < -0.39 is 0 Å². The Kier molecular flexibility index (Phi) is 4.10. The van der Waals surface area contributed by atoms with Crippen LogP contribution in [0.4, 0.5) is 0 Å². The molecular weight excluding hydrogens is 246 g/mol. The van der Waals surface area contributed by atoms with Gasteiger partial charge in [0.1, 0.15) is 5.01 Å². The third-order valence-electron chi connectivity index (χ3n) is 2.53. The molecule has 94 valence electrons. The number of esters is 1. The largest absolute Gasteiger partial charge is 0.466 e. The van der Waals surface area contributed by atoms with E-state index >= 15 is 0 Å². The summed E-state index contributed by atoms with van der Waals surface area (Å²) in [7, 11) is 0. The number of ether oxygens (including phenoxy) is 1. The lowest BCUT2D eigenvalue weighted by Crippen LogP contribution is -2.08. The fourth-order valence-electron chi connectivity index (χ4n) is 1.64. The van der Waals surface area contributed by atoms with E-state index in [0.717, 1.165) is 21.1 Å². The van der Waals surface area contributed by atoms with E-state index in [2.05, 4.69) is 4.98 Å². The zero-order valence-electron chi connectivity index (χ0n) is 10.5. The predicted octanol–water partition coefficient (Wildman–Crippen LogP) is 3.22. The number of benzene rings is 1. The van der Waals surface area contributed by atoms with Gasteiger partial charge < -0.3 is 4.74 Å². The second-order valence-electron chi connectivity index (χ2n) is 3.87. The Labute approximate surface area is 110 Å². The Morgan fingerprint density at radius 3 is 2.72 bits per heavy atom. The summed E-state index contributed by atoms with van der Waals surface area (Å²) in [6.07, 6.45) is 0.253. The maximum atomic E-state index is 11.5. The van der Waals surface area contributed by atoms with Crippen LogP contribution in [0, 0.1) is 6.92 Å². The second-order valence-corrected chi connectivity index (χ2v) is 5.07. The lowest BCUT2D eigenvalue weighted by molar-refractivity contribution is -0.142. The first-order valence-electron chi connectivity index (χ1n) is 5.88. The Bertz CT molecular complexity index is 534. The minimum absolute atomic E-state index is 0.217. The number of thiazole rings is 1. The number of carbonyl (C=O) groups is 1. The van der Waals surface area contributed by atoms with Gasteiger partial charge in [-0.3, -0.25) is 4.79 Å². The predicted molar refractivity (Wildman–Crippen MR) is 72.6 cm³/mol. The molecule has 18 heavy (non-hydrogen) atoms. The number of aryl methyl sites for hydroxylation is 1. The molecular formula is C14H15NO2S. The van der Waals surface area contributed by atoms with Crippen molar-refractivity contribution < 1.29 is 9.53 Å². The molecule has 1 aromatic carbocycles. The minimum atomic E-state index is -0.217. The summed E-state index contributed by atoms with van der Waals surface area (Å²) in [5.74, 6) is -0.217. The molecule has 0 bridgehead atoms. The molecule has 4 heteroatoms. The van der Waals surface area contributed by atoms with Gasteiger partial charge in [-0.2, -0.15) is 0 Å². The SMILES string of the molecule is CCOC(=O)Cc1nc(-c2ccccc2)sc1C. The molecule has 1 heterocycles. The van der Waals surface area contributed by atoms with Crippen LogP contribution in [0.5, 0.6) is 0 Å². The molecule has 0 N–H and O–H groups in total. The van der Waals surface area contributed by atoms with Crippen LogP contribution in [0.3, 0.4) is 0 Å². The van der Waals surface area contributed by atoms with Gasteiger partial charge in [0.15, 0.2) is 0 Å². The highest BCUT2D eigenvalue weighted by molar-refractivity contribution is 7.15. The summed E-state index contributed by atoms with van der Waals surface area (Å²) in [6.45, 7) is 4.20. The maximum Gasteiger partial charge on any atom is 0.311 e. The van der Waals surface area contributed by atoms with Gasteiger partial charge in [-0.25, -0.2) is 4.98 Å². The monoisotopic (exact) mass is 261 g/mol. The van der Waals surface area contributed by atoms with Crippen molar-refractivity contribution in [2.45, 2.75) is 20.3 Å². The third-order valence-corrected chi connectivity index (χ3v) is 3.59. The molecule has 0 amide bonds. The molecule has 3 nitrogen and oxygen atoms in total. The average Bonchev–Trinajstić information content (AvgIpc) is 2.72. The summed E-state index contributed by atoms with van der Waals surface area (Å²) < 4.78 is 4.94. The minimum Gasteiger partial charge on any atom is -0.466 e. The summed E-state index contributed by atoms with van der Waals surface area (Å²) in [4.78, 5) is 17.0. The number of hydrogen-bond donors (Lipinski definition) is 0. The zero-order chi connectivity index (χ0) is 13.0. The summed E-state index contributed by atoms with van der Waals surface area (Å²) in [5.41, 5.74) is 1.90. The Morgan fingerprint density at radius 2 is 2.06 bits per heavy atom. The molecule has 1 aromatic heterocycles. The number of carbonyl (C=O) groups excluding carboxylic acids is 1. The van der Waals surface area contributed by atoms with Crippen LogP contribution in [-0.2, 0) is 16.0 Å². The lowest BCUT2D eigenvalue weighted by atomic mass is 10.2. The Hall–Kier alpha value is -1.68. The van der Waals surface area contributed by atoms with Crippen molar-refractivity contribution in [1.29, 1.82) is 0 Å². The molecule has 0 aliphatic heterocycles. The standard InChI is InChI=1S/C14H15NO2S/c1-3-17-13(16)9-12-10(2)18-14(15-12)11-7-5-4-6-8-11/h4-8H,3,9H2,1-2H3. The second kappa shape index (κ2) is 5.78. The zero-order valence-corrected chi connectivity index (χ0v) is 11.3. The average molecular weight is 261 g/mol. The number of rotatable bonds is 4. The van der Waals surface area contributed by atoms with E-state index in [4.69, 9.17) is 4.74 Å².